The van der Waals surface area contributed by atoms with Crippen LogP contribution < -0.4 is 10.2 Å². The number of benzene rings is 2. The van der Waals surface area contributed by atoms with Gasteiger partial charge in [-0.2, -0.15) is 5.26 Å². The summed E-state index contributed by atoms with van der Waals surface area (Å²) in [6.45, 7) is 0.268. The molecule has 0 saturated heterocycles. The van der Waals surface area contributed by atoms with Gasteiger partial charge in [0.15, 0.2) is 5.13 Å². The van der Waals surface area contributed by atoms with Crippen molar-refractivity contribution in [3.8, 4) is 17.3 Å². The molecule has 3 aromatic rings. The molecule has 0 radical (unpaired) electrons. The van der Waals surface area contributed by atoms with Gasteiger partial charge in [0, 0.05) is 36.0 Å². The summed E-state index contributed by atoms with van der Waals surface area (Å²) in [4.78, 5) is 30.7. The van der Waals surface area contributed by atoms with E-state index in [1.807, 2.05) is 24.3 Å². The van der Waals surface area contributed by atoms with Gasteiger partial charge in [-0.3, -0.25) is 9.59 Å². The van der Waals surface area contributed by atoms with Gasteiger partial charge in [-0.1, -0.05) is 30.3 Å². The van der Waals surface area contributed by atoms with Gasteiger partial charge in [0.25, 0.3) is 0 Å². The molecule has 1 N–H and O–H groups in total. The molecule has 2 aromatic carbocycles. The third-order valence-corrected chi connectivity index (χ3v) is 5.01. The number of para-hydroxylation sites is 1. The summed E-state index contributed by atoms with van der Waals surface area (Å²) in [7, 11) is 0. The largest absolute Gasteiger partial charge is 0.311 e. The van der Waals surface area contributed by atoms with Crippen molar-refractivity contribution in [2.75, 3.05) is 16.8 Å². The Kier molecular flexibility index (Phi) is 7.24. The Morgan fingerprint density at radius 1 is 1.13 bits per heavy atom. The van der Waals surface area contributed by atoms with E-state index in [1.165, 1.54) is 28.4 Å². The fourth-order valence-corrected chi connectivity index (χ4v) is 3.55. The Bertz CT molecular complexity index is 1060. The van der Waals surface area contributed by atoms with Gasteiger partial charge in [-0.25, -0.2) is 9.37 Å². The van der Waals surface area contributed by atoms with Crippen LogP contribution in [0.3, 0.4) is 0 Å². The van der Waals surface area contributed by atoms with E-state index in [0.717, 1.165) is 0 Å². The van der Waals surface area contributed by atoms with E-state index in [1.54, 1.807) is 29.6 Å². The lowest BCUT2D eigenvalue weighted by Crippen LogP contribution is -2.32. The van der Waals surface area contributed by atoms with E-state index >= 15 is 0 Å². The van der Waals surface area contributed by atoms with Gasteiger partial charge >= 0.3 is 0 Å². The lowest BCUT2D eigenvalue weighted by atomic mass is 10.2. The van der Waals surface area contributed by atoms with Crippen LogP contribution in [0.5, 0.6) is 0 Å². The summed E-state index contributed by atoms with van der Waals surface area (Å²) in [6.07, 6.45) is 0.201. The van der Waals surface area contributed by atoms with E-state index in [4.69, 9.17) is 5.26 Å². The number of nitrogens with one attached hydrogen (secondary N) is 1. The predicted molar refractivity (Wildman–Crippen MR) is 114 cm³/mol. The minimum Gasteiger partial charge on any atom is -0.311 e. The first-order valence-corrected chi connectivity index (χ1v) is 10.2. The van der Waals surface area contributed by atoms with Crippen LogP contribution in [-0.4, -0.2) is 23.3 Å². The van der Waals surface area contributed by atoms with Crippen LogP contribution in [0.1, 0.15) is 19.3 Å². The van der Waals surface area contributed by atoms with Crippen LogP contribution >= 0.6 is 11.3 Å². The first-order chi connectivity index (χ1) is 14.6. The number of halogens is 1. The lowest BCUT2D eigenvalue weighted by molar-refractivity contribution is -0.122. The molecule has 0 atom stereocenters. The predicted octanol–water partition coefficient (Wildman–Crippen LogP) is 4.61. The van der Waals surface area contributed by atoms with Gasteiger partial charge < -0.3 is 10.2 Å². The number of nitriles is 1. The summed E-state index contributed by atoms with van der Waals surface area (Å²) in [6, 6.07) is 17.1. The molecule has 0 aliphatic heterocycles. The summed E-state index contributed by atoms with van der Waals surface area (Å²) in [5.41, 5.74) is 1.88. The smallest absolute Gasteiger partial charge is 0.227 e. The molecule has 0 fully saturated rings. The second-order valence-electron chi connectivity index (χ2n) is 6.39. The molecule has 30 heavy (non-hydrogen) atoms. The number of rotatable bonds is 8. The molecular formula is C22H19FN4O2S. The summed E-state index contributed by atoms with van der Waals surface area (Å²) in [5, 5.41) is 13.6. The van der Waals surface area contributed by atoms with Crippen LogP contribution in [0, 0.1) is 17.1 Å². The normalized spacial score (nSPS) is 10.3. The third-order valence-electron chi connectivity index (χ3n) is 4.25. The first kappa shape index (κ1) is 21.1. The van der Waals surface area contributed by atoms with Crippen LogP contribution in [0.2, 0.25) is 0 Å². The maximum Gasteiger partial charge on any atom is 0.227 e. The molecule has 6 nitrogen and oxygen atoms in total. The highest BCUT2D eigenvalue weighted by Crippen LogP contribution is 2.25. The van der Waals surface area contributed by atoms with E-state index in [2.05, 4.69) is 10.3 Å². The second kappa shape index (κ2) is 10.3. The van der Waals surface area contributed by atoms with Crippen LogP contribution in [0.25, 0.3) is 11.3 Å². The van der Waals surface area contributed by atoms with Gasteiger partial charge in [0.2, 0.25) is 11.8 Å². The van der Waals surface area contributed by atoms with Gasteiger partial charge in [0.1, 0.15) is 5.82 Å². The highest BCUT2D eigenvalue weighted by atomic mass is 32.1. The lowest BCUT2D eigenvalue weighted by Gasteiger charge is -2.21. The Morgan fingerprint density at radius 2 is 1.93 bits per heavy atom. The monoisotopic (exact) mass is 422 g/mol. The number of amides is 2. The summed E-state index contributed by atoms with van der Waals surface area (Å²) >= 11 is 1.23. The fraction of sp³-hybridized carbons (Fsp3) is 0.182. The number of anilines is 2. The average molecular weight is 422 g/mol. The molecule has 2 amide bonds. The Morgan fingerprint density at radius 3 is 2.67 bits per heavy atom. The number of hydrogen-bond donors (Lipinski definition) is 1. The zero-order chi connectivity index (χ0) is 21.3. The van der Waals surface area contributed by atoms with Crippen molar-refractivity contribution >= 4 is 34.0 Å². The Hall–Kier alpha value is -3.57. The molecule has 0 unspecified atom stereocenters. The molecule has 0 bridgehead atoms. The quantitative estimate of drug-likeness (QED) is 0.574. The molecule has 152 valence electrons. The third kappa shape index (κ3) is 5.72. The number of carbonyl (C=O) groups excluding carboxylic acids is 2. The summed E-state index contributed by atoms with van der Waals surface area (Å²) in [5.74, 6) is -0.924. The number of thiazole rings is 1. The molecule has 8 heteroatoms. The van der Waals surface area contributed by atoms with Crippen molar-refractivity contribution in [1.29, 1.82) is 5.26 Å². The van der Waals surface area contributed by atoms with Crippen molar-refractivity contribution in [3.63, 3.8) is 0 Å². The molecule has 0 aliphatic rings. The topological polar surface area (TPSA) is 86.1 Å². The minimum atomic E-state index is -0.357. The highest BCUT2D eigenvalue weighted by Gasteiger charge is 2.17. The van der Waals surface area contributed by atoms with Gasteiger partial charge in [0.05, 0.1) is 18.2 Å². The van der Waals surface area contributed by atoms with Crippen molar-refractivity contribution in [3.05, 3.63) is 65.8 Å². The van der Waals surface area contributed by atoms with Gasteiger partial charge in [-0.05, 0) is 24.3 Å². The highest BCUT2D eigenvalue weighted by molar-refractivity contribution is 7.14. The van der Waals surface area contributed by atoms with Crippen LogP contribution in [0.15, 0.2) is 60.0 Å². The average Bonchev–Trinajstić information content (AvgIpc) is 3.22. The molecular weight excluding hydrogens is 403 g/mol. The molecule has 0 aliphatic carbocycles. The molecule has 1 heterocycles. The molecule has 3 rings (SSSR count). The van der Waals surface area contributed by atoms with Crippen molar-refractivity contribution in [1.82, 2.24) is 4.98 Å². The molecule has 0 spiro atoms. The van der Waals surface area contributed by atoms with E-state index in [0.29, 0.717) is 22.1 Å². The van der Waals surface area contributed by atoms with Crippen molar-refractivity contribution in [2.45, 2.75) is 19.3 Å². The standard InChI is InChI=1S/C22H19FN4O2S/c23-17-7-4-6-16(14-17)19-15-30-22(25-19)26-20(28)10-11-21(29)27(13-5-12-24)18-8-2-1-3-9-18/h1-4,6-9,14-15H,5,10-11,13H2,(H,25,26,28). The Labute approximate surface area is 177 Å². The summed E-state index contributed by atoms with van der Waals surface area (Å²) < 4.78 is 13.4. The number of carbonyl (C=O) groups is 2. The maximum absolute atomic E-state index is 13.4. The van der Waals surface area contributed by atoms with Gasteiger partial charge in [-0.15, -0.1) is 11.3 Å². The van der Waals surface area contributed by atoms with Crippen LogP contribution in [0.4, 0.5) is 15.2 Å². The number of nitrogens with zero attached hydrogens (tertiary/aromatic N) is 3. The van der Waals surface area contributed by atoms with Crippen molar-refractivity contribution in [2.24, 2.45) is 0 Å². The maximum atomic E-state index is 13.4. The van der Waals surface area contributed by atoms with Crippen LogP contribution in [-0.2, 0) is 9.59 Å². The molecule has 0 saturated carbocycles. The SMILES string of the molecule is N#CCCN(C(=O)CCC(=O)Nc1nc(-c2cccc(F)c2)cs1)c1ccccc1. The first-order valence-electron chi connectivity index (χ1n) is 9.30. The van der Waals surface area contributed by atoms with E-state index in [9.17, 15) is 14.0 Å². The van der Waals surface area contributed by atoms with E-state index < -0.39 is 0 Å². The fourth-order valence-electron chi connectivity index (χ4n) is 2.82. The van der Waals surface area contributed by atoms with E-state index in [-0.39, 0.29) is 43.4 Å². The molecule has 1 aromatic heterocycles. The van der Waals surface area contributed by atoms with Crippen molar-refractivity contribution < 1.29 is 14.0 Å². The number of hydrogen-bond acceptors (Lipinski definition) is 5. The zero-order valence-electron chi connectivity index (χ0n) is 16.0. The number of aromatic nitrogens is 1. The minimum absolute atomic E-state index is 0.00822. The Balaban J connectivity index is 1.57. The zero-order valence-corrected chi connectivity index (χ0v) is 16.9. The second-order valence-corrected chi connectivity index (χ2v) is 7.24.